The van der Waals surface area contributed by atoms with Gasteiger partial charge in [0.2, 0.25) is 0 Å². The fourth-order valence-electron chi connectivity index (χ4n) is 2.02. The van der Waals surface area contributed by atoms with E-state index >= 15 is 0 Å². The van der Waals surface area contributed by atoms with Gasteiger partial charge in [-0.15, -0.1) is 0 Å². The summed E-state index contributed by atoms with van der Waals surface area (Å²) >= 11 is 0. The van der Waals surface area contributed by atoms with Crippen molar-refractivity contribution >= 4 is 0 Å². The smallest absolute Gasteiger partial charge is 0.339 e. The second-order valence-corrected chi connectivity index (χ2v) is 4.62. The van der Waals surface area contributed by atoms with Gasteiger partial charge in [-0.1, -0.05) is 60.7 Å². The summed E-state index contributed by atoms with van der Waals surface area (Å²) in [4.78, 5) is 11.6. The summed E-state index contributed by atoms with van der Waals surface area (Å²) in [7, 11) is 0. The highest BCUT2D eigenvalue weighted by Gasteiger charge is 2.05. The Hall–Kier alpha value is -2.81. The van der Waals surface area contributed by atoms with Crippen molar-refractivity contribution in [1.29, 1.82) is 0 Å². The molecule has 0 aliphatic carbocycles. The molecule has 0 N–H and O–H groups in total. The third kappa shape index (κ3) is 3.39. The zero-order chi connectivity index (χ0) is 14.5. The van der Waals surface area contributed by atoms with Crippen LogP contribution in [0.1, 0.15) is 5.56 Å². The third-order valence-corrected chi connectivity index (χ3v) is 3.05. The second kappa shape index (κ2) is 6.09. The fourth-order valence-corrected chi connectivity index (χ4v) is 2.02. The molecule has 0 spiro atoms. The van der Waals surface area contributed by atoms with Crippen molar-refractivity contribution in [1.82, 2.24) is 0 Å². The van der Waals surface area contributed by atoms with Gasteiger partial charge >= 0.3 is 5.63 Å². The summed E-state index contributed by atoms with van der Waals surface area (Å²) in [5, 5.41) is 0. The first-order valence-electron chi connectivity index (χ1n) is 6.68. The molecule has 0 saturated carbocycles. The van der Waals surface area contributed by atoms with Crippen LogP contribution >= 0.6 is 0 Å². The van der Waals surface area contributed by atoms with Crippen molar-refractivity contribution in [3.05, 3.63) is 88.8 Å². The van der Waals surface area contributed by atoms with Crippen molar-refractivity contribution in [2.75, 3.05) is 0 Å². The van der Waals surface area contributed by atoms with Gasteiger partial charge in [0.05, 0.1) is 6.07 Å². The molecular formula is C18H14O3. The van der Waals surface area contributed by atoms with E-state index < -0.39 is 5.63 Å². The van der Waals surface area contributed by atoms with E-state index in [2.05, 4.69) is 0 Å². The highest BCUT2D eigenvalue weighted by atomic mass is 16.5. The molecule has 0 bridgehead atoms. The summed E-state index contributed by atoms with van der Waals surface area (Å²) in [5.74, 6) is 1.01. The van der Waals surface area contributed by atoms with E-state index in [1.807, 2.05) is 60.7 Å². The molecule has 3 rings (SSSR count). The van der Waals surface area contributed by atoms with Gasteiger partial charge in [-0.05, 0) is 5.56 Å². The van der Waals surface area contributed by atoms with Gasteiger partial charge in [0, 0.05) is 11.6 Å². The molecular weight excluding hydrogens is 264 g/mol. The Morgan fingerprint density at radius 3 is 2.24 bits per heavy atom. The van der Waals surface area contributed by atoms with Crippen LogP contribution in [0, 0.1) is 0 Å². The van der Waals surface area contributed by atoms with Gasteiger partial charge < -0.3 is 9.15 Å². The largest absolute Gasteiger partial charge is 0.488 e. The van der Waals surface area contributed by atoms with Gasteiger partial charge in [0.1, 0.15) is 18.1 Å². The average Bonchev–Trinajstić information content (AvgIpc) is 2.54. The van der Waals surface area contributed by atoms with Crippen LogP contribution in [0.2, 0.25) is 0 Å². The van der Waals surface area contributed by atoms with Crippen LogP contribution in [0.5, 0.6) is 5.75 Å². The first kappa shape index (κ1) is 13.2. The van der Waals surface area contributed by atoms with Crippen LogP contribution in [0.15, 0.2) is 82.0 Å². The third-order valence-electron chi connectivity index (χ3n) is 3.05. The predicted molar refractivity (Wildman–Crippen MR) is 81.2 cm³/mol. The minimum atomic E-state index is -0.417. The van der Waals surface area contributed by atoms with Crippen molar-refractivity contribution in [2.24, 2.45) is 0 Å². The van der Waals surface area contributed by atoms with E-state index in [-0.39, 0.29) is 0 Å². The summed E-state index contributed by atoms with van der Waals surface area (Å²) < 4.78 is 10.9. The summed E-state index contributed by atoms with van der Waals surface area (Å²) in [6.07, 6.45) is 0. The monoisotopic (exact) mass is 278 g/mol. The van der Waals surface area contributed by atoms with Crippen molar-refractivity contribution in [2.45, 2.75) is 6.61 Å². The van der Waals surface area contributed by atoms with E-state index in [4.69, 9.17) is 9.15 Å². The molecule has 0 amide bonds. The fraction of sp³-hybridized carbons (Fsp3) is 0.0556. The molecule has 0 aliphatic rings. The summed E-state index contributed by atoms with van der Waals surface area (Å²) in [6.45, 7) is 0.415. The molecule has 0 fully saturated rings. The van der Waals surface area contributed by atoms with Crippen LogP contribution in [0.25, 0.3) is 11.3 Å². The normalized spacial score (nSPS) is 10.3. The van der Waals surface area contributed by atoms with E-state index in [0.29, 0.717) is 18.1 Å². The van der Waals surface area contributed by atoms with Crippen LogP contribution in [-0.2, 0) is 6.61 Å². The van der Waals surface area contributed by atoms with Gasteiger partial charge in [0.15, 0.2) is 0 Å². The van der Waals surface area contributed by atoms with Gasteiger partial charge in [-0.2, -0.15) is 0 Å². The molecule has 0 saturated heterocycles. The maximum Gasteiger partial charge on any atom is 0.339 e. The van der Waals surface area contributed by atoms with Crippen LogP contribution in [0.4, 0.5) is 0 Å². The number of benzene rings is 2. The molecule has 1 aromatic heterocycles. The van der Waals surface area contributed by atoms with E-state index in [1.165, 1.54) is 6.07 Å². The summed E-state index contributed by atoms with van der Waals surface area (Å²) in [6, 6.07) is 22.4. The van der Waals surface area contributed by atoms with Gasteiger partial charge in [-0.25, -0.2) is 4.79 Å². The van der Waals surface area contributed by atoms with E-state index in [0.717, 1.165) is 11.1 Å². The number of hydrogen-bond acceptors (Lipinski definition) is 3. The minimum absolute atomic E-state index is 0.415. The Bertz CT molecular complexity index is 761. The Balaban J connectivity index is 1.83. The first-order chi connectivity index (χ1) is 10.3. The van der Waals surface area contributed by atoms with E-state index in [1.54, 1.807) is 6.07 Å². The maximum absolute atomic E-state index is 11.6. The lowest BCUT2D eigenvalue weighted by Crippen LogP contribution is -2.02. The maximum atomic E-state index is 11.6. The summed E-state index contributed by atoms with van der Waals surface area (Å²) in [5.41, 5.74) is 1.48. The molecule has 0 radical (unpaired) electrons. The lowest BCUT2D eigenvalue weighted by Gasteiger charge is -2.07. The van der Waals surface area contributed by atoms with Crippen LogP contribution < -0.4 is 10.4 Å². The highest BCUT2D eigenvalue weighted by Crippen LogP contribution is 2.22. The second-order valence-electron chi connectivity index (χ2n) is 4.62. The number of ether oxygens (including phenoxy) is 1. The average molecular weight is 278 g/mol. The van der Waals surface area contributed by atoms with Gasteiger partial charge in [0.25, 0.3) is 0 Å². The van der Waals surface area contributed by atoms with Crippen molar-refractivity contribution in [3.63, 3.8) is 0 Å². The molecule has 3 aromatic rings. The lowest BCUT2D eigenvalue weighted by atomic mass is 10.1. The highest BCUT2D eigenvalue weighted by molar-refractivity contribution is 5.58. The Labute approximate surface area is 122 Å². The molecule has 2 aromatic carbocycles. The molecule has 1 heterocycles. The quantitative estimate of drug-likeness (QED) is 0.727. The Morgan fingerprint density at radius 2 is 1.52 bits per heavy atom. The molecule has 3 heteroatoms. The molecule has 3 nitrogen and oxygen atoms in total. The van der Waals surface area contributed by atoms with Crippen molar-refractivity contribution < 1.29 is 9.15 Å². The van der Waals surface area contributed by atoms with Crippen molar-refractivity contribution in [3.8, 4) is 17.1 Å². The van der Waals surface area contributed by atoms with Gasteiger partial charge in [-0.3, -0.25) is 0 Å². The lowest BCUT2D eigenvalue weighted by molar-refractivity contribution is 0.302. The number of hydrogen-bond donors (Lipinski definition) is 0. The number of rotatable bonds is 4. The van der Waals surface area contributed by atoms with Crippen LogP contribution in [0.3, 0.4) is 0 Å². The SMILES string of the molecule is O=c1cc(OCc2ccccc2)cc(-c2ccccc2)o1. The zero-order valence-electron chi connectivity index (χ0n) is 11.4. The van der Waals surface area contributed by atoms with Crippen LogP contribution in [-0.4, -0.2) is 0 Å². The zero-order valence-corrected chi connectivity index (χ0v) is 11.4. The van der Waals surface area contributed by atoms with E-state index in [9.17, 15) is 4.79 Å². The predicted octanol–water partition coefficient (Wildman–Crippen LogP) is 3.89. The molecule has 0 atom stereocenters. The molecule has 21 heavy (non-hydrogen) atoms. The minimum Gasteiger partial charge on any atom is -0.488 e. The Morgan fingerprint density at radius 1 is 0.857 bits per heavy atom. The first-order valence-corrected chi connectivity index (χ1v) is 6.68. The standard InChI is InChI=1S/C18H14O3/c19-18-12-16(20-13-14-7-3-1-4-8-14)11-17(21-18)15-9-5-2-6-10-15/h1-12H,13H2. The molecule has 0 unspecified atom stereocenters. The molecule has 104 valence electrons. The molecule has 0 aliphatic heterocycles. The topological polar surface area (TPSA) is 39.4 Å². The Kier molecular flexibility index (Phi) is 3.83.